The highest BCUT2D eigenvalue weighted by molar-refractivity contribution is 6.18. The first-order valence-corrected chi connectivity index (χ1v) is 5.59. The molecular formula is C11H23Cl. The molecule has 1 atom stereocenters. The lowest BCUT2D eigenvalue weighted by molar-refractivity contribution is 0.324. The number of halogens is 1. The average molecular weight is 191 g/mol. The normalized spacial score (nSPS) is 14.8. The van der Waals surface area contributed by atoms with Gasteiger partial charge in [-0.25, -0.2) is 0 Å². The van der Waals surface area contributed by atoms with Gasteiger partial charge in [-0.2, -0.15) is 0 Å². The van der Waals surface area contributed by atoms with Gasteiger partial charge in [0.25, 0.3) is 0 Å². The molecule has 12 heavy (non-hydrogen) atoms. The van der Waals surface area contributed by atoms with E-state index in [4.69, 9.17) is 11.6 Å². The third kappa shape index (κ3) is 6.97. The van der Waals surface area contributed by atoms with Gasteiger partial charge in [0.05, 0.1) is 0 Å². The van der Waals surface area contributed by atoms with Gasteiger partial charge in [0.2, 0.25) is 0 Å². The van der Waals surface area contributed by atoms with Crippen LogP contribution >= 0.6 is 11.6 Å². The summed E-state index contributed by atoms with van der Waals surface area (Å²) in [6.07, 6.45) is 5.15. The third-order valence-corrected chi connectivity index (χ3v) is 2.65. The molecule has 0 aromatic rings. The molecule has 0 aliphatic heterocycles. The molecule has 0 aromatic carbocycles. The Morgan fingerprint density at radius 3 is 2.08 bits per heavy atom. The Hall–Kier alpha value is 0.290. The van der Waals surface area contributed by atoms with Crippen LogP contribution in [0.5, 0.6) is 0 Å². The van der Waals surface area contributed by atoms with Gasteiger partial charge in [0, 0.05) is 5.88 Å². The molecule has 0 saturated heterocycles. The van der Waals surface area contributed by atoms with Crippen LogP contribution in [0.2, 0.25) is 0 Å². The molecule has 1 unspecified atom stereocenters. The van der Waals surface area contributed by atoms with Gasteiger partial charge in [0.15, 0.2) is 0 Å². The van der Waals surface area contributed by atoms with Crippen LogP contribution in [0.3, 0.4) is 0 Å². The maximum Gasteiger partial charge on any atom is 0.0251 e. The summed E-state index contributed by atoms with van der Waals surface area (Å²) in [7, 11) is 0. The van der Waals surface area contributed by atoms with Gasteiger partial charge in [-0.05, 0) is 30.6 Å². The molecule has 0 aliphatic carbocycles. The topological polar surface area (TPSA) is 0 Å². The third-order valence-electron chi connectivity index (χ3n) is 2.22. The quantitative estimate of drug-likeness (QED) is 0.562. The molecular weight excluding hydrogens is 168 g/mol. The molecule has 1 heteroatoms. The second kappa shape index (κ2) is 5.85. The molecule has 0 radical (unpaired) electrons. The SMILES string of the molecule is CCCC(CCl)CCC(C)(C)C. The maximum absolute atomic E-state index is 5.88. The standard InChI is InChI=1S/C11H23Cl/c1-5-6-10(9-12)7-8-11(2,3)4/h10H,5-9H2,1-4H3. The molecule has 0 aliphatic rings. The minimum Gasteiger partial charge on any atom is -0.126 e. The van der Waals surface area contributed by atoms with Gasteiger partial charge in [-0.3, -0.25) is 0 Å². The maximum atomic E-state index is 5.88. The Balaban J connectivity index is 3.58. The van der Waals surface area contributed by atoms with Crippen molar-refractivity contribution < 1.29 is 0 Å². The van der Waals surface area contributed by atoms with Crippen LogP contribution in [0.4, 0.5) is 0 Å². The van der Waals surface area contributed by atoms with Crippen molar-refractivity contribution in [3.8, 4) is 0 Å². The molecule has 0 bridgehead atoms. The second-order valence-corrected chi connectivity index (χ2v) is 5.22. The Morgan fingerprint density at radius 1 is 1.17 bits per heavy atom. The van der Waals surface area contributed by atoms with Gasteiger partial charge < -0.3 is 0 Å². The lowest BCUT2D eigenvalue weighted by Gasteiger charge is -2.21. The van der Waals surface area contributed by atoms with Crippen LogP contribution in [0.15, 0.2) is 0 Å². The van der Waals surface area contributed by atoms with E-state index >= 15 is 0 Å². The molecule has 0 aromatic heterocycles. The summed E-state index contributed by atoms with van der Waals surface area (Å²) in [6, 6.07) is 0. The molecule has 0 rings (SSSR count). The van der Waals surface area contributed by atoms with Crippen molar-refractivity contribution in [1.29, 1.82) is 0 Å². The van der Waals surface area contributed by atoms with Crippen molar-refractivity contribution in [2.75, 3.05) is 5.88 Å². The van der Waals surface area contributed by atoms with Crippen LogP contribution < -0.4 is 0 Å². The second-order valence-electron chi connectivity index (χ2n) is 4.91. The predicted octanol–water partition coefficient (Wildman–Crippen LogP) is 4.47. The largest absolute Gasteiger partial charge is 0.126 e. The summed E-state index contributed by atoms with van der Waals surface area (Å²) in [6.45, 7) is 9.12. The average Bonchev–Trinajstić information content (AvgIpc) is 1.96. The number of alkyl halides is 1. The van der Waals surface area contributed by atoms with Gasteiger partial charge in [0.1, 0.15) is 0 Å². The monoisotopic (exact) mass is 190 g/mol. The molecule has 74 valence electrons. The van der Waals surface area contributed by atoms with E-state index in [1.54, 1.807) is 0 Å². The van der Waals surface area contributed by atoms with Crippen LogP contribution in [-0.2, 0) is 0 Å². The smallest absolute Gasteiger partial charge is 0.0251 e. The molecule has 0 fully saturated rings. The van der Waals surface area contributed by atoms with Crippen LogP contribution in [0.25, 0.3) is 0 Å². The number of hydrogen-bond acceptors (Lipinski definition) is 0. The van der Waals surface area contributed by atoms with Crippen LogP contribution in [0.1, 0.15) is 53.4 Å². The fourth-order valence-corrected chi connectivity index (χ4v) is 1.65. The first-order chi connectivity index (χ1) is 5.49. The fourth-order valence-electron chi connectivity index (χ4n) is 1.34. The highest BCUT2D eigenvalue weighted by Crippen LogP contribution is 2.25. The Labute approximate surface area is 82.7 Å². The predicted molar refractivity (Wildman–Crippen MR) is 57.8 cm³/mol. The van der Waals surface area contributed by atoms with Gasteiger partial charge in [-0.1, -0.05) is 34.1 Å². The van der Waals surface area contributed by atoms with Crippen molar-refractivity contribution in [2.45, 2.75) is 53.4 Å². The van der Waals surface area contributed by atoms with Crippen molar-refractivity contribution in [3.05, 3.63) is 0 Å². The summed E-state index contributed by atoms with van der Waals surface area (Å²) in [5.74, 6) is 1.58. The minimum atomic E-state index is 0.470. The highest BCUT2D eigenvalue weighted by Gasteiger charge is 2.13. The molecule has 0 N–H and O–H groups in total. The van der Waals surface area contributed by atoms with Gasteiger partial charge in [-0.15, -0.1) is 11.6 Å². The van der Waals surface area contributed by atoms with E-state index in [0.717, 1.165) is 11.8 Å². The fraction of sp³-hybridized carbons (Fsp3) is 1.00. The zero-order valence-electron chi connectivity index (χ0n) is 8.99. The van der Waals surface area contributed by atoms with E-state index in [1.165, 1.54) is 25.7 Å². The van der Waals surface area contributed by atoms with Crippen molar-refractivity contribution in [1.82, 2.24) is 0 Å². The first-order valence-electron chi connectivity index (χ1n) is 5.05. The summed E-state index contributed by atoms with van der Waals surface area (Å²) >= 11 is 5.88. The lowest BCUT2D eigenvalue weighted by atomic mass is 9.86. The molecule has 0 nitrogen and oxygen atoms in total. The van der Waals surface area contributed by atoms with Gasteiger partial charge >= 0.3 is 0 Å². The molecule has 0 amide bonds. The highest BCUT2D eigenvalue weighted by atomic mass is 35.5. The lowest BCUT2D eigenvalue weighted by Crippen LogP contribution is -2.10. The molecule has 0 spiro atoms. The van der Waals surface area contributed by atoms with E-state index in [0.29, 0.717) is 5.41 Å². The molecule has 0 heterocycles. The molecule has 0 saturated carbocycles. The van der Waals surface area contributed by atoms with Crippen molar-refractivity contribution in [2.24, 2.45) is 11.3 Å². The van der Waals surface area contributed by atoms with Crippen LogP contribution in [-0.4, -0.2) is 5.88 Å². The summed E-state index contributed by atoms with van der Waals surface area (Å²) in [5.41, 5.74) is 0.470. The van der Waals surface area contributed by atoms with Crippen LogP contribution in [0, 0.1) is 11.3 Å². The summed E-state index contributed by atoms with van der Waals surface area (Å²) in [4.78, 5) is 0. The summed E-state index contributed by atoms with van der Waals surface area (Å²) in [5, 5.41) is 0. The summed E-state index contributed by atoms with van der Waals surface area (Å²) < 4.78 is 0. The Bertz CT molecular complexity index is 102. The zero-order chi connectivity index (χ0) is 9.61. The Kier molecular flexibility index (Phi) is 6.00. The van der Waals surface area contributed by atoms with Crippen molar-refractivity contribution >= 4 is 11.6 Å². The van der Waals surface area contributed by atoms with E-state index in [9.17, 15) is 0 Å². The number of rotatable bonds is 5. The van der Waals surface area contributed by atoms with E-state index in [1.807, 2.05) is 0 Å². The van der Waals surface area contributed by atoms with E-state index in [-0.39, 0.29) is 0 Å². The van der Waals surface area contributed by atoms with E-state index in [2.05, 4.69) is 27.7 Å². The number of hydrogen-bond donors (Lipinski definition) is 0. The van der Waals surface area contributed by atoms with E-state index < -0.39 is 0 Å². The minimum absolute atomic E-state index is 0.470. The zero-order valence-corrected chi connectivity index (χ0v) is 9.75. The Morgan fingerprint density at radius 2 is 1.75 bits per heavy atom. The van der Waals surface area contributed by atoms with Crippen molar-refractivity contribution in [3.63, 3.8) is 0 Å². The first kappa shape index (κ1) is 12.3.